The first-order chi connectivity index (χ1) is 14.8. The number of fused-ring (bicyclic) bond motifs is 1. The Morgan fingerprint density at radius 1 is 1.26 bits per heavy atom. The number of hydrogen-bond acceptors (Lipinski definition) is 6. The van der Waals surface area contributed by atoms with Crippen molar-refractivity contribution >= 4 is 11.6 Å². The molecular formula is C24H30N2O5. The first-order valence-corrected chi connectivity index (χ1v) is 10.7. The van der Waals surface area contributed by atoms with Gasteiger partial charge in [0.2, 0.25) is 5.91 Å². The molecule has 2 aromatic carbocycles. The highest BCUT2D eigenvalue weighted by atomic mass is 16.5. The lowest BCUT2D eigenvalue weighted by Gasteiger charge is -2.39. The van der Waals surface area contributed by atoms with Gasteiger partial charge in [0.05, 0.1) is 5.69 Å². The van der Waals surface area contributed by atoms with Crippen molar-refractivity contribution in [3.63, 3.8) is 0 Å². The van der Waals surface area contributed by atoms with Crippen molar-refractivity contribution in [3.05, 3.63) is 47.5 Å². The van der Waals surface area contributed by atoms with Crippen LogP contribution in [0.5, 0.6) is 17.2 Å². The highest BCUT2D eigenvalue weighted by molar-refractivity contribution is 5.90. The molecule has 1 atom stereocenters. The topological polar surface area (TPSA) is 91.3 Å². The van der Waals surface area contributed by atoms with Gasteiger partial charge in [-0.3, -0.25) is 4.79 Å². The van der Waals surface area contributed by atoms with Gasteiger partial charge in [-0.15, -0.1) is 0 Å². The number of nitrogens with zero attached hydrogens (tertiary/aromatic N) is 1. The van der Waals surface area contributed by atoms with Crippen molar-refractivity contribution in [3.8, 4) is 17.2 Å². The first-order valence-electron chi connectivity index (χ1n) is 10.7. The number of likely N-dealkylation sites (tertiary alicyclic amines) is 1. The summed E-state index contributed by atoms with van der Waals surface area (Å²) in [6, 6.07) is 10.9. The van der Waals surface area contributed by atoms with Gasteiger partial charge >= 0.3 is 0 Å². The summed E-state index contributed by atoms with van der Waals surface area (Å²) in [5.74, 6) is 1.14. The van der Waals surface area contributed by atoms with Crippen LogP contribution in [0.1, 0.15) is 30.9 Å². The molecule has 1 amide bonds. The molecule has 2 aromatic rings. The number of carbonyl (C=O) groups is 1. The number of aromatic hydroxyl groups is 1. The van der Waals surface area contributed by atoms with Gasteiger partial charge in [0.1, 0.15) is 35.6 Å². The largest absolute Gasteiger partial charge is 0.508 e. The van der Waals surface area contributed by atoms with Crippen molar-refractivity contribution in [2.75, 3.05) is 31.6 Å². The smallest absolute Gasteiger partial charge is 0.221 e. The number of anilines is 1. The van der Waals surface area contributed by atoms with E-state index in [1.807, 2.05) is 0 Å². The lowest BCUT2D eigenvalue weighted by Crippen LogP contribution is -2.49. The zero-order valence-electron chi connectivity index (χ0n) is 18.1. The molecule has 0 radical (unpaired) electrons. The van der Waals surface area contributed by atoms with Gasteiger partial charge < -0.3 is 29.9 Å². The number of phenolic OH excluding ortho intramolecular Hbond substituents is 1. The van der Waals surface area contributed by atoms with E-state index >= 15 is 0 Å². The number of amides is 1. The quantitative estimate of drug-likeness (QED) is 0.616. The fraction of sp³-hybridized carbons (Fsp3) is 0.458. The molecule has 2 aliphatic heterocycles. The number of carbonyl (C=O) groups excluding carboxylic acids is 1. The van der Waals surface area contributed by atoms with Crippen LogP contribution < -0.4 is 14.8 Å². The highest BCUT2D eigenvalue weighted by Crippen LogP contribution is 2.41. The summed E-state index contributed by atoms with van der Waals surface area (Å²) in [6.07, 6.45) is 2.11. The Balaban J connectivity index is 1.27. The predicted molar refractivity (Wildman–Crippen MR) is 118 cm³/mol. The third-order valence-electron chi connectivity index (χ3n) is 6.00. The van der Waals surface area contributed by atoms with Gasteiger partial charge in [-0.2, -0.15) is 0 Å². The fourth-order valence-electron chi connectivity index (χ4n) is 4.44. The van der Waals surface area contributed by atoms with E-state index in [2.05, 4.69) is 35.3 Å². The molecule has 0 saturated carbocycles. The minimum absolute atomic E-state index is 0.0349. The van der Waals surface area contributed by atoms with E-state index in [-0.39, 0.29) is 23.9 Å². The highest BCUT2D eigenvalue weighted by Gasteiger charge is 2.42. The maximum atomic E-state index is 11.4. The molecule has 4 rings (SSSR count). The van der Waals surface area contributed by atoms with Crippen molar-refractivity contribution in [2.45, 2.75) is 44.8 Å². The minimum Gasteiger partial charge on any atom is -0.508 e. The van der Waals surface area contributed by atoms with E-state index in [0.717, 1.165) is 38.1 Å². The van der Waals surface area contributed by atoms with Crippen LogP contribution in [0.4, 0.5) is 5.69 Å². The van der Waals surface area contributed by atoms with Crippen LogP contribution in [0.25, 0.3) is 0 Å². The normalized spacial score (nSPS) is 18.3. The number of piperidine rings is 1. The van der Waals surface area contributed by atoms with Gasteiger partial charge in [0.25, 0.3) is 0 Å². The molecule has 7 nitrogen and oxygen atoms in total. The Morgan fingerprint density at radius 3 is 2.77 bits per heavy atom. The summed E-state index contributed by atoms with van der Waals surface area (Å²) in [6.45, 7) is 5.78. The monoisotopic (exact) mass is 426 g/mol. The van der Waals surface area contributed by atoms with Crippen molar-refractivity contribution in [2.24, 2.45) is 0 Å². The van der Waals surface area contributed by atoms with Crippen LogP contribution in [0.2, 0.25) is 0 Å². The Labute approximate surface area is 182 Å². The Bertz CT molecular complexity index is 953. The maximum absolute atomic E-state index is 11.4. The molecule has 3 N–H and O–H groups in total. The van der Waals surface area contributed by atoms with Gasteiger partial charge in [-0.25, -0.2) is 0 Å². The van der Waals surface area contributed by atoms with E-state index in [9.17, 15) is 15.0 Å². The van der Waals surface area contributed by atoms with Crippen LogP contribution in [0.3, 0.4) is 0 Å². The number of phenols is 1. The third-order valence-corrected chi connectivity index (χ3v) is 6.00. The third kappa shape index (κ3) is 5.11. The molecule has 1 fully saturated rings. The van der Waals surface area contributed by atoms with Gasteiger partial charge in [0, 0.05) is 51.9 Å². The number of benzene rings is 2. The van der Waals surface area contributed by atoms with Gasteiger partial charge in [-0.05, 0) is 30.7 Å². The number of hydrogen-bond donors (Lipinski definition) is 3. The second-order valence-corrected chi connectivity index (χ2v) is 8.70. The summed E-state index contributed by atoms with van der Waals surface area (Å²) in [5, 5.41) is 22.9. The second kappa shape index (κ2) is 8.77. The van der Waals surface area contributed by atoms with E-state index in [0.29, 0.717) is 18.0 Å². The van der Waals surface area contributed by atoms with Crippen molar-refractivity contribution in [1.82, 2.24) is 4.90 Å². The minimum atomic E-state index is -0.689. The molecule has 0 unspecified atom stereocenters. The Hall–Kier alpha value is -2.77. The van der Waals surface area contributed by atoms with Crippen LogP contribution in [0.15, 0.2) is 36.4 Å². The van der Waals surface area contributed by atoms with Crippen molar-refractivity contribution in [1.29, 1.82) is 0 Å². The van der Waals surface area contributed by atoms with Gasteiger partial charge in [-0.1, -0.05) is 17.7 Å². The second-order valence-electron chi connectivity index (χ2n) is 8.70. The first kappa shape index (κ1) is 21.5. The lowest BCUT2D eigenvalue weighted by atomic mass is 9.87. The molecule has 1 spiro atoms. The van der Waals surface area contributed by atoms with E-state index in [1.54, 1.807) is 6.07 Å². The zero-order chi connectivity index (χ0) is 22.0. The number of ether oxygens (including phenoxy) is 2. The van der Waals surface area contributed by atoms with E-state index < -0.39 is 6.10 Å². The SMILES string of the molecule is CC(=O)Nc1ccc(O)cc1OC[C@H](O)CN1CCC2(CC1)Cc1cc(C)ccc1O2. The summed E-state index contributed by atoms with van der Waals surface area (Å²) in [4.78, 5) is 13.6. The summed E-state index contributed by atoms with van der Waals surface area (Å²) in [7, 11) is 0. The van der Waals surface area contributed by atoms with Gasteiger partial charge in [0.15, 0.2) is 0 Å². The number of rotatable bonds is 6. The fourth-order valence-corrected chi connectivity index (χ4v) is 4.44. The molecule has 7 heteroatoms. The summed E-state index contributed by atoms with van der Waals surface area (Å²) >= 11 is 0. The molecular weight excluding hydrogens is 396 g/mol. The Morgan fingerprint density at radius 2 is 2.03 bits per heavy atom. The average Bonchev–Trinajstić information content (AvgIpc) is 3.06. The predicted octanol–water partition coefficient (Wildman–Crippen LogP) is 2.87. The average molecular weight is 427 g/mol. The molecule has 1 saturated heterocycles. The lowest BCUT2D eigenvalue weighted by molar-refractivity contribution is -0.114. The summed E-state index contributed by atoms with van der Waals surface area (Å²) in [5.41, 5.74) is 2.89. The zero-order valence-corrected chi connectivity index (χ0v) is 18.1. The number of aliphatic hydroxyl groups excluding tert-OH is 1. The van der Waals surface area contributed by atoms with Crippen LogP contribution in [-0.4, -0.2) is 59.0 Å². The van der Waals surface area contributed by atoms with E-state index in [1.165, 1.54) is 30.2 Å². The number of β-amino-alcohol motifs (C(OH)–C–C–N with tert-alkyl or cyclic N) is 1. The Kier molecular flexibility index (Phi) is 6.07. The molecule has 0 aliphatic carbocycles. The van der Waals surface area contributed by atoms with E-state index in [4.69, 9.17) is 9.47 Å². The van der Waals surface area contributed by atoms with Crippen LogP contribution >= 0.6 is 0 Å². The van der Waals surface area contributed by atoms with Crippen LogP contribution in [-0.2, 0) is 11.2 Å². The molecule has 0 bridgehead atoms. The van der Waals surface area contributed by atoms with Crippen molar-refractivity contribution < 1.29 is 24.5 Å². The number of aliphatic hydroxyl groups is 1. The molecule has 2 heterocycles. The standard InChI is InChI=1S/C24H30N2O5/c1-16-3-6-22-18(11-16)13-24(31-22)7-9-26(10-8-24)14-20(29)15-30-23-12-19(28)4-5-21(23)25-17(2)27/h3-6,11-12,20,28-29H,7-10,13-15H2,1-2H3,(H,25,27)/t20-/m1/s1. The number of nitrogens with one attached hydrogen (secondary N) is 1. The molecule has 166 valence electrons. The molecule has 2 aliphatic rings. The maximum Gasteiger partial charge on any atom is 0.221 e. The molecule has 31 heavy (non-hydrogen) atoms. The molecule has 0 aromatic heterocycles. The summed E-state index contributed by atoms with van der Waals surface area (Å²) < 4.78 is 12.0. The number of aryl methyl sites for hydroxylation is 1. The van der Waals surface area contributed by atoms with Crippen LogP contribution in [0, 0.1) is 6.92 Å².